The summed E-state index contributed by atoms with van der Waals surface area (Å²) in [4.78, 5) is 23.4. The molecule has 0 spiro atoms. The van der Waals surface area contributed by atoms with Crippen molar-refractivity contribution in [3.8, 4) is 11.4 Å². The van der Waals surface area contributed by atoms with Crippen LogP contribution < -0.4 is 10.1 Å². The van der Waals surface area contributed by atoms with Crippen molar-refractivity contribution >= 4 is 39.8 Å². The Morgan fingerprint density at radius 3 is 2.80 bits per heavy atom. The Hall–Kier alpha value is -3.84. The first kappa shape index (κ1) is 24.3. The van der Waals surface area contributed by atoms with Gasteiger partial charge >= 0.3 is 0 Å². The molecular formula is C22H19FN6O4S2. The summed E-state index contributed by atoms with van der Waals surface area (Å²) >= 11 is 2.52. The molecule has 0 bridgehead atoms. The van der Waals surface area contributed by atoms with Gasteiger partial charge in [0.1, 0.15) is 5.82 Å². The summed E-state index contributed by atoms with van der Waals surface area (Å²) in [6.45, 7) is 2.34. The lowest BCUT2D eigenvalue weighted by Crippen LogP contribution is -2.14. The molecule has 0 aliphatic rings. The number of nitrogens with one attached hydrogen (secondary N) is 1. The van der Waals surface area contributed by atoms with Crippen LogP contribution in [0.1, 0.15) is 29.4 Å². The number of amides is 1. The summed E-state index contributed by atoms with van der Waals surface area (Å²) in [6.07, 6.45) is 2.31. The summed E-state index contributed by atoms with van der Waals surface area (Å²) in [7, 11) is 0. The molecule has 10 nitrogen and oxygen atoms in total. The van der Waals surface area contributed by atoms with E-state index in [0.717, 1.165) is 12.0 Å². The Bertz CT molecular complexity index is 1340. The number of carbonyl (C=O) groups is 1. The number of benzene rings is 2. The summed E-state index contributed by atoms with van der Waals surface area (Å²) in [5.74, 6) is -0.153. The number of non-ortho nitro benzene ring substituents is 1. The molecule has 2 aromatic heterocycles. The van der Waals surface area contributed by atoms with E-state index in [-0.39, 0.29) is 22.3 Å². The Morgan fingerprint density at radius 2 is 2.06 bits per heavy atom. The van der Waals surface area contributed by atoms with Crippen molar-refractivity contribution in [1.29, 1.82) is 0 Å². The highest BCUT2D eigenvalue weighted by atomic mass is 32.2. The van der Waals surface area contributed by atoms with Gasteiger partial charge < -0.3 is 4.74 Å². The van der Waals surface area contributed by atoms with Crippen LogP contribution in [0.5, 0.6) is 5.75 Å². The van der Waals surface area contributed by atoms with Gasteiger partial charge in [-0.25, -0.2) is 9.07 Å². The number of ether oxygens (including phenoxy) is 1. The normalized spacial score (nSPS) is 10.8. The number of nitro groups is 1. The van der Waals surface area contributed by atoms with E-state index in [0.29, 0.717) is 28.1 Å². The second-order valence-corrected chi connectivity index (χ2v) is 9.35. The van der Waals surface area contributed by atoms with Crippen molar-refractivity contribution in [2.45, 2.75) is 23.4 Å². The summed E-state index contributed by atoms with van der Waals surface area (Å²) < 4.78 is 21.0. The third kappa shape index (κ3) is 6.19. The highest BCUT2D eigenvalue weighted by molar-refractivity contribution is 8.00. The first-order valence-corrected chi connectivity index (χ1v) is 12.2. The van der Waals surface area contributed by atoms with Gasteiger partial charge in [0, 0.05) is 17.9 Å². The van der Waals surface area contributed by atoms with Crippen molar-refractivity contribution in [1.82, 2.24) is 20.0 Å². The van der Waals surface area contributed by atoms with E-state index >= 15 is 0 Å². The molecular weight excluding hydrogens is 495 g/mol. The Morgan fingerprint density at radius 1 is 1.26 bits per heavy atom. The van der Waals surface area contributed by atoms with Crippen molar-refractivity contribution in [2.24, 2.45) is 0 Å². The molecule has 35 heavy (non-hydrogen) atoms. The Balaban J connectivity index is 1.45. The molecule has 0 radical (unpaired) electrons. The molecule has 2 heterocycles. The average molecular weight is 515 g/mol. The van der Waals surface area contributed by atoms with Crippen LogP contribution in [0.15, 0.2) is 59.1 Å². The molecule has 0 atom stereocenters. The Kier molecular flexibility index (Phi) is 7.67. The van der Waals surface area contributed by atoms with E-state index < -0.39 is 10.8 Å². The fraction of sp³-hybridized carbons (Fsp3) is 0.182. The van der Waals surface area contributed by atoms with Gasteiger partial charge in [0.15, 0.2) is 15.8 Å². The van der Waals surface area contributed by atoms with Gasteiger partial charge in [-0.05, 0) is 36.2 Å². The number of aromatic nitrogens is 4. The standard InChI is InChI=1S/C22H19FN6O4S2/c1-2-10-33-18-12-28(16-8-6-15(23)7-9-16)27-19(18)20(30)24-21-25-26-22(35-21)34-13-14-4-3-5-17(11-14)29(31)32/h3-9,11-12H,2,10,13H2,1H3,(H,24,25,30). The summed E-state index contributed by atoms with van der Waals surface area (Å²) in [5, 5.41) is 26.3. The van der Waals surface area contributed by atoms with Crippen molar-refractivity contribution in [3.05, 3.63) is 81.9 Å². The molecule has 180 valence electrons. The van der Waals surface area contributed by atoms with Gasteiger partial charge in [-0.1, -0.05) is 42.2 Å². The number of anilines is 1. The van der Waals surface area contributed by atoms with Gasteiger partial charge in [0.25, 0.3) is 11.6 Å². The highest BCUT2D eigenvalue weighted by Gasteiger charge is 2.21. The number of hydrogen-bond acceptors (Lipinski definition) is 9. The predicted octanol–water partition coefficient (Wildman–Crippen LogP) is 5.10. The van der Waals surface area contributed by atoms with E-state index in [1.54, 1.807) is 30.5 Å². The van der Waals surface area contributed by atoms with Crippen LogP contribution >= 0.6 is 23.1 Å². The zero-order valence-corrected chi connectivity index (χ0v) is 20.0. The second-order valence-electron chi connectivity index (χ2n) is 7.15. The summed E-state index contributed by atoms with van der Waals surface area (Å²) in [6, 6.07) is 12.1. The maximum Gasteiger partial charge on any atom is 0.281 e. The fourth-order valence-corrected chi connectivity index (χ4v) is 4.63. The van der Waals surface area contributed by atoms with Gasteiger partial charge in [0.2, 0.25) is 5.13 Å². The second kappa shape index (κ2) is 11.1. The maximum absolute atomic E-state index is 13.3. The van der Waals surface area contributed by atoms with Crippen LogP contribution in [0.25, 0.3) is 5.69 Å². The Labute approximate surface area is 207 Å². The lowest BCUT2D eigenvalue weighted by atomic mass is 10.2. The lowest BCUT2D eigenvalue weighted by molar-refractivity contribution is -0.384. The molecule has 2 aromatic carbocycles. The van der Waals surface area contributed by atoms with Crippen molar-refractivity contribution < 1.29 is 18.8 Å². The third-order valence-corrected chi connectivity index (χ3v) is 6.60. The monoisotopic (exact) mass is 514 g/mol. The van der Waals surface area contributed by atoms with Gasteiger partial charge in [0.05, 0.1) is 23.4 Å². The number of thioether (sulfide) groups is 1. The minimum absolute atomic E-state index is 0.0227. The fourth-order valence-electron chi connectivity index (χ4n) is 2.94. The van der Waals surface area contributed by atoms with E-state index in [1.165, 1.54) is 52.0 Å². The van der Waals surface area contributed by atoms with E-state index in [4.69, 9.17) is 4.74 Å². The van der Waals surface area contributed by atoms with Crippen LogP contribution in [-0.2, 0) is 5.75 Å². The molecule has 0 fully saturated rings. The number of nitro benzene ring substituents is 1. The molecule has 13 heteroatoms. The molecule has 0 unspecified atom stereocenters. The molecule has 0 saturated carbocycles. The van der Waals surface area contributed by atoms with Crippen LogP contribution in [0.3, 0.4) is 0 Å². The maximum atomic E-state index is 13.3. The SMILES string of the molecule is CCCOc1cn(-c2ccc(F)cc2)nc1C(=O)Nc1nnc(SCc2cccc([N+](=O)[O-])c2)s1. The van der Waals surface area contributed by atoms with Gasteiger partial charge in [-0.15, -0.1) is 10.2 Å². The number of halogens is 1. The number of hydrogen-bond donors (Lipinski definition) is 1. The van der Waals surface area contributed by atoms with E-state index in [2.05, 4.69) is 20.6 Å². The van der Waals surface area contributed by atoms with Gasteiger partial charge in [-0.3, -0.25) is 20.2 Å². The molecule has 4 aromatic rings. The molecule has 4 rings (SSSR count). The number of nitrogens with zero attached hydrogens (tertiary/aromatic N) is 5. The smallest absolute Gasteiger partial charge is 0.281 e. The topological polar surface area (TPSA) is 125 Å². The first-order chi connectivity index (χ1) is 16.9. The number of carbonyl (C=O) groups excluding carboxylic acids is 1. The molecule has 1 N–H and O–H groups in total. The highest BCUT2D eigenvalue weighted by Crippen LogP contribution is 2.30. The minimum atomic E-state index is -0.525. The predicted molar refractivity (Wildman–Crippen MR) is 130 cm³/mol. The van der Waals surface area contributed by atoms with E-state index in [9.17, 15) is 19.3 Å². The van der Waals surface area contributed by atoms with Crippen molar-refractivity contribution in [2.75, 3.05) is 11.9 Å². The first-order valence-electron chi connectivity index (χ1n) is 10.4. The van der Waals surface area contributed by atoms with Crippen LogP contribution in [0.4, 0.5) is 15.2 Å². The summed E-state index contributed by atoms with van der Waals surface area (Å²) in [5.41, 5.74) is 1.43. The number of rotatable bonds is 10. The van der Waals surface area contributed by atoms with Crippen LogP contribution in [0.2, 0.25) is 0 Å². The van der Waals surface area contributed by atoms with Gasteiger partial charge in [-0.2, -0.15) is 5.10 Å². The largest absolute Gasteiger partial charge is 0.489 e. The van der Waals surface area contributed by atoms with E-state index in [1.807, 2.05) is 6.92 Å². The minimum Gasteiger partial charge on any atom is -0.489 e. The molecule has 0 aliphatic heterocycles. The third-order valence-electron chi connectivity index (χ3n) is 4.56. The molecule has 1 amide bonds. The van der Waals surface area contributed by atoms with Crippen molar-refractivity contribution in [3.63, 3.8) is 0 Å². The quantitative estimate of drug-likeness (QED) is 0.134. The zero-order chi connectivity index (χ0) is 24.8. The lowest BCUT2D eigenvalue weighted by Gasteiger charge is -2.03. The van der Waals surface area contributed by atoms with Crippen LogP contribution in [0, 0.1) is 15.9 Å². The average Bonchev–Trinajstić information content (AvgIpc) is 3.49. The molecule has 0 aliphatic carbocycles. The van der Waals surface area contributed by atoms with Crippen LogP contribution in [-0.4, -0.2) is 37.4 Å². The zero-order valence-electron chi connectivity index (χ0n) is 18.4. The molecule has 0 saturated heterocycles.